The Kier molecular flexibility index (Phi) is 1.87. The van der Waals surface area contributed by atoms with Crippen molar-refractivity contribution >= 4 is 0 Å². The van der Waals surface area contributed by atoms with Crippen LogP contribution in [0.25, 0.3) is 0 Å². The number of methoxy groups -OCH3 is 1. The average Bonchev–Trinajstić information content (AvgIpc) is 1.63. The summed E-state index contributed by atoms with van der Waals surface area (Å²) in [5, 5.41) is 0. The van der Waals surface area contributed by atoms with Crippen LogP contribution in [0.5, 0.6) is 0 Å². The smallest absolute Gasteiger partial charge is 0.0530 e. The van der Waals surface area contributed by atoms with Crippen LogP contribution in [0.1, 0.15) is 10.5 Å². The molecule has 0 aliphatic heterocycles. The molecule has 0 aliphatic carbocycles. The second-order valence-electron chi connectivity index (χ2n) is 0.991. The maximum Gasteiger partial charge on any atom is 0.0530 e. The molecule has 0 atom stereocenters. The molecule has 2 heteroatoms. The minimum Gasteiger partial charge on any atom is -0.385 e. The first-order chi connectivity index (χ1) is 4.06. The van der Waals surface area contributed by atoms with Gasteiger partial charge in [0, 0.05) is 13.6 Å². The van der Waals surface area contributed by atoms with Crippen molar-refractivity contribution in [2.45, 2.75) is 6.42 Å². The van der Waals surface area contributed by atoms with Crippen LogP contribution in [-0.4, -0.2) is 20.2 Å². The zero-order valence-corrected chi connectivity index (χ0v) is 3.61. The standard InChI is InChI=1S/C4H11NO/c1-6-4-2-3-5/h2-5H2,1H3/i1D3. The van der Waals surface area contributed by atoms with Gasteiger partial charge in [0.2, 0.25) is 0 Å². The van der Waals surface area contributed by atoms with Gasteiger partial charge in [-0.05, 0) is 13.0 Å². The quantitative estimate of drug-likeness (QED) is 0.497. The Morgan fingerprint density at radius 2 is 2.83 bits per heavy atom. The van der Waals surface area contributed by atoms with E-state index in [1.165, 1.54) is 0 Å². The van der Waals surface area contributed by atoms with Crippen LogP contribution < -0.4 is 5.73 Å². The predicted molar refractivity (Wildman–Crippen MR) is 25.5 cm³/mol. The monoisotopic (exact) mass is 92.1 g/mol. The number of hydrogen-bond donors (Lipinski definition) is 1. The average molecular weight is 92.2 g/mol. The fourth-order valence-electron chi connectivity index (χ4n) is 0.156. The lowest BCUT2D eigenvalue weighted by molar-refractivity contribution is 0.197. The molecule has 0 aliphatic rings. The number of ether oxygens (including phenoxy) is 1. The predicted octanol–water partition coefficient (Wildman–Crippen LogP) is -0.0184. The van der Waals surface area contributed by atoms with Gasteiger partial charge in [-0.15, -0.1) is 0 Å². The van der Waals surface area contributed by atoms with E-state index in [2.05, 4.69) is 4.74 Å². The van der Waals surface area contributed by atoms with E-state index in [1.54, 1.807) is 0 Å². The van der Waals surface area contributed by atoms with E-state index in [9.17, 15) is 0 Å². The summed E-state index contributed by atoms with van der Waals surface area (Å²) in [6, 6.07) is 0. The molecule has 0 heterocycles. The SMILES string of the molecule is [2H]C([2H])([2H])OCCCN. The third-order valence-electron chi connectivity index (χ3n) is 0.451. The molecule has 38 valence electrons. The second kappa shape index (κ2) is 4.92. The van der Waals surface area contributed by atoms with Crippen LogP contribution in [0.15, 0.2) is 0 Å². The molecule has 2 N–H and O–H groups in total. The molecule has 0 spiro atoms. The van der Waals surface area contributed by atoms with Gasteiger partial charge >= 0.3 is 0 Å². The number of hydrogen-bond acceptors (Lipinski definition) is 2. The lowest BCUT2D eigenvalue weighted by atomic mass is 10.5. The Bertz CT molecular complexity index is 72.7. The number of nitrogens with two attached hydrogens (primary N) is 1. The lowest BCUT2D eigenvalue weighted by Crippen LogP contribution is -2.01. The summed E-state index contributed by atoms with van der Waals surface area (Å²) in [5.74, 6) is 0. The van der Waals surface area contributed by atoms with Gasteiger partial charge in [-0.2, -0.15) is 0 Å². The van der Waals surface area contributed by atoms with Gasteiger partial charge in [-0.3, -0.25) is 0 Å². The molecule has 0 aromatic heterocycles. The van der Waals surface area contributed by atoms with Crippen LogP contribution >= 0.6 is 0 Å². The molecule has 0 bridgehead atoms. The first-order valence-corrected chi connectivity index (χ1v) is 1.90. The van der Waals surface area contributed by atoms with Crippen molar-refractivity contribution in [2.24, 2.45) is 5.73 Å². The second-order valence-corrected chi connectivity index (χ2v) is 0.991. The largest absolute Gasteiger partial charge is 0.385 e. The van der Waals surface area contributed by atoms with Gasteiger partial charge in [0.05, 0.1) is 4.11 Å². The van der Waals surface area contributed by atoms with Gasteiger partial charge < -0.3 is 10.5 Å². The van der Waals surface area contributed by atoms with Gasteiger partial charge in [-0.1, -0.05) is 0 Å². The minimum atomic E-state index is -2.25. The highest BCUT2D eigenvalue weighted by molar-refractivity contribution is 4.31. The van der Waals surface area contributed by atoms with Crippen molar-refractivity contribution in [2.75, 3.05) is 20.2 Å². The van der Waals surface area contributed by atoms with E-state index >= 15 is 0 Å². The zero-order chi connectivity index (χ0) is 7.33. The van der Waals surface area contributed by atoms with E-state index in [0.717, 1.165) is 0 Å². The third kappa shape index (κ3) is 3.92. The highest BCUT2D eigenvalue weighted by Gasteiger charge is 1.74. The Morgan fingerprint density at radius 3 is 3.33 bits per heavy atom. The van der Waals surface area contributed by atoms with Gasteiger partial charge in [0.25, 0.3) is 0 Å². The third-order valence-corrected chi connectivity index (χ3v) is 0.451. The fourth-order valence-corrected chi connectivity index (χ4v) is 0.156. The summed E-state index contributed by atoms with van der Waals surface area (Å²) in [4.78, 5) is 0. The summed E-state index contributed by atoms with van der Waals surface area (Å²) >= 11 is 0. The van der Waals surface area contributed by atoms with Gasteiger partial charge in [0.15, 0.2) is 0 Å². The summed E-state index contributed by atoms with van der Waals surface area (Å²) < 4.78 is 24.1. The van der Waals surface area contributed by atoms with Gasteiger partial charge in [0.1, 0.15) is 0 Å². The van der Waals surface area contributed by atoms with E-state index in [1.807, 2.05) is 0 Å². The molecule has 2 nitrogen and oxygen atoms in total. The minimum absolute atomic E-state index is 0.215. The van der Waals surface area contributed by atoms with Crippen molar-refractivity contribution < 1.29 is 8.85 Å². The van der Waals surface area contributed by atoms with E-state index in [0.29, 0.717) is 13.0 Å². The Hall–Kier alpha value is -0.0800. The highest BCUT2D eigenvalue weighted by atomic mass is 16.5. The summed E-state index contributed by atoms with van der Waals surface area (Å²) in [7, 11) is -2.25. The van der Waals surface area contributed by atoms with Crippen molar-refractivity contribution in [3.05, 3.63) is 0 Å². The molecule has 0 unspecified atom stereocenters. The lowest BCUT2D eigenvalue weighted by Gasteiger charge is -1.89. The normalized spacial score (nSPS) is 18.5. The van der Waals surface area contributed by atoms with Crippen molar-refractivity contribution in [3.8, 4) is 0 Å². The van der Waals surface area contributed by atoms with E-state index in [-0.39, 0.29) is 6.61 Å². The molecule has 0 fully saturated rings. The van der Waals surface area contributed by atoms with Crippen LogP contribution in [0.4, 0.5) is 0 Å². The van der Waals surface area contributed by atoms with Crippen LogP contribution in [0.3, 0.4) is 0 Å². The molecule has 0 amide bonds. The maximum absolute atomic E-state index is 6.58. The molecule has 0 radical (unpaired) electrons. The fraction of sp³-hybridized carbons (Fsp3) is 1.00. The van der Waals surface area contributed by atoms with Crippen molar-refractivity contribution in [1.82, 2.24) is 0 Å². The summed E-state index contributed by atoms with van der Waals surface area (Å²) in [6.45, 7) is 0.684. The Labute approximate surface area is 42.5 Å². The molecule has 0 saturated carbocycles. The molecular formula is C4H11NO. The summed E-state index contributed by atoms with van der Waals surface area (Å²) in [6.07, 6.45) is 0.596. The zero-order valence-electron chi connectivity index (χ0n) is 6.61. The number of rotatable bonds is 3. The summed E-state index contributed by atoms with van der Waals surface area (Å²) in [5.41, 5.74) is 5.09. The molecule has 0 aromatic carbocycles. The molecule has 6 heavy (non-hydrogen) atoms. The van der Waals surface area contributed by atoms with Gasteiger partial charge in [-0.25, -0.2) is 0 Å². The first-order valence-electron chi connectivity index (χ1n) is 3.40. The van der Waals surface area contributed by atoms with Crippen molar-refractivity contribution in [3.63, 3.8) is 0 Å². The van der Waals surface area contributed by atoms with E-state index < -0.39 is 7.04 Å². The first kappa shape index (κ1) is 2.28. The van der Waals surface area contributed by atoms with Crippen LogP contribution in [-0.2, 0) is 4.74 Å². The Morgan fingerprint density at radius 1 is 2.00 bits per heavy atom. The topological polar surface area (TPSA) is 35.2 Å². The molecule has 0 aromatic rings. The highest BCUT2D eigenvalue weighted by Crippen LogP contribution is 1.70. The van der Waals surface area contributed by atoms with Crippen LogP contribution in [0.2, 0.25) is 0 Å². The van der Waals surface area contributed by atoms with Crippen molar-refractivity contribution in [1.29, 1.82) is 0 Å². The molecular weight excluding hydrogens is 78.0 g/mol. The van der Waals surface area contributed by atoms with Crippen LogP contribution in [0, 0.1) is 0 Å². The van der Waals surface area contributed by atoms with E-state index in [4.69, 9.17) is 9.85 Å². The molecule has 0 rings (SSSR count). The maximum atomic E-state index is 6.58. The molecule has 0 saturated heterocycles. The Balaban J connectivity index is 3.07.